The lowest BCUT2D eigenvalue weighted by atomic mass is 9.92. The third-order valence-corrected chi connectivity index (χ3v) is 6.28. The minimum absolute atomic E-state index is 0.0727. The summed E-state index contributed by atoms with van der Waals surface area (Å²) in [6.45, 7) is 3.86. The molecule has 0 unspecified atom stereocenters. The molecule has 2 aromatic carbocycles. The van der Waals surface area contributed by atoms with Gasteiger partial charge in [-0.25, -0.2) is 9.78 Å². The zero-order chi connectivity index (χ0) is 23.8. The van der Waals surface area contributed by atoms with Crippen molar-refractivity contribution in [2.45, 2.75) is 45.2 Å². The van der Waals surface area contributed by atoms with E-state index in [1.807, 2.05) is 74.1 Å². The van der Waals surface area contributed by atoms with E-state index in [4.69, 9.17) is 10.5 Å². The van der Waals surface area contributed by atoms with E-state index in [0.29, 0.717) is 12.1 Å². The molecule has 4 N–H and O–H groups in total. The minimum Gasteiger partial charge on any atom is -0.425 e. The van der Waals surface area contributed by atoms with Crippen LogP contribution in [-0.4, -0.2) is 26.2 Å². The Hall–Kier alpha value is -3.94. The first-order valence-electron chi connectivity index (χ1n) is 11.7. The van der Waals surface area contributed by atoms with Crippen LogP contribution < -0.4 is 21.1 Å². The molecule has 2 aromatic heterocycles. The van der Waals surface area contributed by atoms with Gasteiger partial charge in [-0.1, -0.05) is 12.1 Å². The van der Waals surface area contributed by atoms with E-state index in [1.54, 1.807) is 6.20 Å². The van der Waals surface area contributed by atoms with Gasteiger partial charge in [0.05, 0.1) is 16.9 Å². The lowest BCUT2D eigenvalue weighted by Crippen LogP contribution is -2.34. The summed E-state index contributed by atoms with van der Waals surface area (Å²) in [5.74, 6) is 0.724. The van der Waals surface area contributed by atoms with Crippen molar-refractivity contribution in [3.63, 3.8) is 0 Å². The highest BCUT2D eigenvalue weighted by Gasteiger charge is 2.27. The molecule has 1 aliphatic rings. The quantitative estimate of drug-likeness (QED) is 0.347. The van der Waals surface area contributed by atoms with Crippen LogP contribution in [0.5, 0.6) is 11.8 Å². The number of ether oxygens (including phenoxy) is 1. The molecular formula is C26H30N6O2. The standard InChI is InChI=1S/C26H30N6O2/c1-16(2)29-25(33)30-18-9-7-17(8-10-18)24-23(27)21-12-11-20(34-26-28-13-14-31(26)3)15-22(21)32(24)19-5-4-6-19/h7-16,19H,4-6,27H2,1-3H3,(H2,29,30,33). The van der Waals surface area contributed by atoms with Gasteiger partial charge in [0.15, 0.2) is 0 Å². The van der Waals surface area contributed by atoms with E-state index in [-0.39, 0.29) is 12.1 Å². The Morgan fingerprint density at radius 1 is 1.18 bits per heavy atom. The van der Waals surface area contributed by atoms with Gasteiger partial charge >= 0.3 is 12.0 Å². The molecule has 8 nitrogen and oxygen atoms in total. The van der Waals surface area contributed by atoms with Gasteiger partial charge in [-0.05, 0) is 57.4 Å². The number of carbonyl (C=O) groups is 1. The number of benzene rings is 2. The molecule has 1 saturated carbocycles. The largest absolute Gasteiger partial charge is 0.425 e. The van der Waals surface area contributed by atoms with Crippen LogP contribution in [-0.2, 0) is 7.05 Å². The second-order valence-electron chi connectivity index (χ2n) is 9.15. The molecule has 1 aliphatic carbocycles. The first-order valence-corrected chi connectivity index (χ1v) is 11.7. The predicted molar refractivity (Wildman–Crippen MR) is 135 cm³/mol. The monoisotopic (exact) mass is 458 g/mol. The lowest BCUT2D eigenvalue weighted by Gasteiger charge is -2.30. The number of nitrogens with two attached hydrogens (primary N) is 1. The second kappa shape index (κ2) is 8.78. The number of anilines is 2. The number of carbonyl (C=O) groups excluding carboxylic acids is 1. The van der Waals surface area contributed by atoms with Crippen molar-refractivity contribution < 1.29 is 9.53 Å². The van der Waals surface area contributed by atoms with Crippen LogP contribution in [0.2, 0.25) is 0 Å². The molecule has 4 aromatic rings. The molecule has 0 saturated heterocycles. The molecule has 2 amide bonds. The van der Waals surface area contributed by atoms with Gasteiger partial charge in [0.25, 0.3) is 0 Å². The molecule has 34 heavy (non-hydrogen) atoms. The van der Waals surface area contributed by atoms with Crippen LogP contribution in [0.15, 0.2) is 54.9 Å². The third kappa shape index (κ3) is 4.07. The number of nitrogens with one attached hydrogen (secondary N) is 2. The maximum atomic E-state index is 12.0. The summed E-state index contributed by atoms with van der Waals surface area (Å²) in [5, 5.41) is 6.72. The van der Waals surface area contributed by atoms with Gasteiger partial charge in [-0.15, -0.1) is 0 Å². The van der Waals surface area contributed by atoms with E-state index < -0.39 is 0 Å². The van der Waals surface area contributed by atoms with Crippen LogP contribution in [0, 0.1) is 0 Å². The van der Waals surface area contributed by atoms with Gasteiger partial charge in [-0.3, -0.25) is 0 Å². The summed E-state index contributed by atoms with van der Waals surface area (Å²) in [7, 11) is 1.90. The molecular weight excluding hydrogens is 428 g/mol. The molecule has 0 radical (unpaired) electrons. The molecule has 0 aliphatic heterocycles. The van der Waals surface area contributed by atoms with Crippen LogP contribution in [0.25, 0.3) is 22.2 Å². The number of aryl methyl sites for hydroxylation is 1. The number of amides is 2. The van der Waals surface area contributed by atoms with Crippen molar-refractivity contribution in [1.29, 1.82) is 0 Å². The van der Waals surface area contributed by atoms with Gasteiger partial charge in [-0.2, -0.15) is 0 Å². The molecule has 8 heteroatoms. The maximum Gasteiger partial charge on any atom is 0.319 e. The lowest BCUT2D eigenvalue weighted by molar-refractivity contribution is 0.250. The van der Waals surface area contributed by atoms with E-state index >= 15 is 0 Å². The summed E-state index contributed by atoms with van der Waals surface area (Å²) in [6, 6.07) is 14.6. The number of urea groups is 1. The van der Waals surface area contributed by atoms with Gasteiger partial charge in [0.1, 0.15) is 5.75 Å². The van der Waals surface area contributed by atoms with Crippen LogP contribution >= 0.6 is 0 Å². The first-order chi connectivity index (χ1) is 16.4. The van der Waals surface area contributed by atoms with Crippen LogP contribution in [0.4, 0.5) is 16.2 Å². The van der Waals surface area contributed by atoms with Crippen molar-refractivity contribution in [3.05, 3.63) is 54.9 Å². The minimum atomic E-state index is -0.217. The number of hydrogen-bond donors (Lipinski definition) is 3. The Bertz CT molecular complexity index is 1330. The number of aromatic nitrogens is 3. The molecule has 1 fully saturated rings. The molecule has 0 atom stereocenters. The van der Waals surface area contributed by atoms with E-state index in [2.05, 4.69) is 20.2 Å². The number of nitrogen functional groups attached to an aromatic ring is 1. The Kier molecular flexibility index (Phi) is 5.65. The Morgan fingerprint density at radius 3 is 2.56 bits per heavy atom. The zero-order valence-corrected chi connectivity index (χ0v) is 19.7. The van der Waals surface area contributed by atoms with Gasteiger partial charge in [0.2, 0.25) is 0 Å². The number of imidazole rings is 1. The van der Waals surface area contributed by atoms with Crippen molar-refractivity contribution in [2.75, 3.05) is 11.1 Å². The third-order valence-electron chi connectivity index (χ3n) is 6.28. The zero-order valence-electron chi connectivity index (χ0n) is 19.7. The van der Waals surface area contributed by atoms with E-state index in [0.717, 1.165) is 52.1 Å². The summed E-state index contributed by atoms with van der Waals surface area (Å²) >= 11 is 0. The van der Waals surface area contributed by atoms with Crippen molar-refractivity contribution in [2.24, 2.45) is 7.05 Å². The maximum absolute atomic E-state index is 12.0. The molecule has 2 heterocycles. The number of nitrogens with zero attached hydrogens (tertiary/aromatic N) is 3. The fourth-order valence-corrected chi connectivity index (χ4v) is 4.40. The molecule has 0 spiro atoms. The normalized spacial score (nSPS) is 13.8. The fraction of sp³-hybridized carbons (Fsp3) is 0.308. The van der Waals surface area contributed by atoms with Crippen molar-refractivity contribution >= 4 is 28.3 Å². The highest BCUT2D eigenvalue weighted by Crippen LogP contribution is 2.45. The number of fused-ring (bicyclic) bond motifs is 1. The smallest absolute Gasteiger partial charge is 0.319 e. The number of hydrogen-bond acceptors (Lipinski definition) is 4. The van der Waals surface area contributed by atoms with Crippen molar-refractivity contribution in [1.82, 2.24) is 19.4 Å². The summed E-state index contributed by atoms with van der Waals surface area (Å²) in [4.78, 5) is 16.3. The Morgan fingerprint density at radius 2 is 1.94 bits per heavy atom. The van der Waals surface area contributed by atoms with Gasteiger partial charge in [0, 0.05) is 54.2 Å². The second-order valence-corrected chi connectivity index (χ2v) is 9.15. The van der Waals surface area contributed by atoms with Crippen LogP contribution in [0.3, 0.4) is 0 Å². The summed E-state index contributed by atoms with van der Waals surface area (Å²) < 4.78 is 10.2. The van der Waals surface area contributed by atoms with Gasteiger partial charge < -0.3 is 30.2 Å². The van der Waals surface area contributed by atoms with E-state index in [1.165, 1.54) is 6.42 Å². The Balaban J connectivity index is 1.52. The summed E-state index contributed by atoms with van der Waals surface area (Å²) in [6.07, 6.45) is 7.02. The highest BCUT2D eigenvalue weighted by atomic mass is 16.5. The highest BCUT2D eigenvalue weighted by molar-refractivity contribution is 6.02. The van der Waals surface area contributed by atoms with Crippen LogP contribution in [0.1, 0.15) is 39.2 Å². The fourth-order valence-electron chi connectivity index (χ4n) is 4.40. The molecule has 5 rings (SSSR count). The Labute approximate surface area is 198 Å². The predicted octanol–water partition coefficient (Wildman–Crippen LogP) is 5.67. The molecule has 176 valence electrons. The summed E-state index contributed by atoms with van der Waals surface area (Å²) in [5.41, 5.74) is 11.3. The topological polar surface area (TPSA) is 99.1 Å². The molecule has 0 bridgehead atoms. The van der Waals surface area contributed by atoms with Crippen molar-refractivity contribution in [3.8, 4) is 23.0 Å². The number of rotatable bonds is 6. The SMILES string of the molecule is CC(C)NC(=O)Nc1ccc(-c2c(N)c3ccc(Oc4nccn4C)cc3n2C2CCC2)cc1. The first kappa shape index (κ1) is 21.9. The average molecular weight is 459 g/mol. The average Bonchev–Trinajstić information content (AvgIpc) is 3.28. The van der Waals surface area contributed by atoms with E-state index in [9.17, 15) is 4.79 Å².